The second kappa shape index (κ2) is 9.72. The Morgan fingerprint density at radius 1 is 1.13 bits per heavy atom. The molecule has 0 saturated carbocycles. The van der Waals surface area contributed by atoms with Gasteiger partial charge in [-0.15, -0.1) is 0 Å². The van der Waals surface area contributed by atoms with Gasteiger partial charge in [0.2, 0.25) is 0 Å². The number of nitrogens with one attached hydrogen (secondary N) is 2. The number of aliphatic hydroxyl groups excluding tert-OH is 1. The Morgan fingerprint density at radius 2 is 1.87 bits per heavy atom. The summed E-state index contributed by atoms with van der Waals surface area (Å²) in [6.07, 6.45) is -0.403. The van der Waals surface area contributed by atoms with Gasteiger partial charge in [0, 0.05) is 6.07 Å². The molecule has 1 atom stereocenters. The van der Waals surface area contributed by atoms with Crippen molar-refractivity contribution >= 4 is 0 Å². The fourth-order valence-corrected chi connectivity index (χ4v) is 2.76. The monoisotopic (exact) mass is 326 g/mol. The molecule has 0 radical (unpaired) electrons. The van der Waals surface area contributed by atoms with Crippen LogP contribution in [-0.2, 0) is 4.74 Å². The predicted molar refractivity (Wildman–Crippen MR) is 87.5 cm³/mol. The van der Waals surface area contributed by atoms with Crippen LogP contribution in [-0.4, -0.2) is 77.9 Å². The summed E-state index contributed by atoms with van der Waals surface area (Å²) >= 11 is 0. The lowest BCUT2D eigenvalue weighted by molar-refractivity contribution is -1.00. The van der Waals surface area contributed by atoms with Crippen molar-refractivity contribution in [2.24, 2.45) is 0 Å². The predicted octanol–water partition coefficient (Wildman–Crippen LogP) is -2.14. The van der Waals surface area contributed by atoms with Gasteiger partial charge in [0.15, 0.2) is 0 Å². The molecule has 6 heteroatoms. The van der Waals surface area contributed by atoms with Crippen LogP contribution in [0, 0.1) is 0 Å². The van der Waals surface area contributed by atoms with E-state index in [4.69, 9.17) is 14.2 Å². The average Bonchev–Trinajstić information content (AvgIpc) is 2.57. The number of methoxy groups -OCH3 is 1. The standard InChI is InChI=1S/C17H28N2O4/c1-18-6-8-19(9-7-18)13-15(20)14-22-10-11-23-17-5-3-4-16(12-17)21-2/h3-5,12,15,20H,6-11,13-14H2,1-2H3/p+2/t15-/m1/s1. The second-order valence-corrected chi connectivity index (χ2v) is 6.17. The molecular formula is C17H30N2O4+2. The molecule has 3 N–H and O–H groups in total. The number of quaternary nitrogens is 2. The lowest BCUT2D eigenvalue weighted by atomic mass is 10.3. The van der Waals surface area contributed by atoms with Gasteiger partial charge in [0.1, 0.15) is 56.9 Å². The van der Waals surface area contributed by atoms with E-state index >= 15 is 0 Å². The van der Waals surface area contributed by atoms with E-state index in [0.29, 0.717) is 19.8 Å². The van der Waals surface area contributed by atoms with E-state index in [-0.39, 0.29) is 0 Å². The fourth-order valence-electron chi connectivity index (χ4n) is 2.76. The van der Waals surface area contributed by atoms with Crippen LogP contribution in [0.4, 0.5) is 0 Å². The molecule has 2 rings (SSSR count). The summed E-state index contributed by atoms with van der Waals surface area (Å²) in [5.41, 5.74) is 0. The van der Waals surface area contributed by atoms with Crippen molar-refractivity contribution in [2.45, 2.75) is 6.10 Å². The molecular weight excluding hydrogens is 296 g/mol. The second-order valence-electron chi connectivity index (χ2n) is 6.17. The topological polar surface area (TPSA) is 56.8 Å². The third-order valence-corrected chi connectivity index (χ3v) is 4.18. The minimum absolute atomic E-state index is 0.369. The molecule has 0 aromatic heterocycles. The number of aliphatic hydroxyl groups is 1. The molecule has 1 aliphatic heterocycles. The lowest BCUT2D eigenvalue weighted by Gasteiger charge is -2.28. The Labute approximate surface area is 138 Å². The van der Waals surface area contributed by atoms with E-state index in [1.807, 2.05) is 24.3 Å². The summed E-state index contributed by atoms with van der Waals surface area (Å²) in [7, 11) is 3.85. The van der Waals surface area contributed by atoms with Crippen molar-refractivity contribution in [2.75, 3.05) is 66.7 Å². The van der Waals surface area contributed by atoms with E-state index in [1.165, 1.54) is 18.0 Å². The van der Waals surface area contributed by atoms with Crippen molar-refractivity contribution < 1.29 is 29.1 Å². The first-order valence-corrected chi connectivity index (χ1v) is 8.35. The van der Waals surface area contributed by atoms with Crippen LogP contribution < -0.4 is 19.3 Å². The number of rotatable bonds is 9. The third-order valence-electron chi connectivity index (χ3n) is 4.18. The molecule has 0 unspecified atom stereocenters. The van der Waals surface area contributed by atoms with Crippen LogP contribution in [0.15, 0.2) is 24.3 Å². The molecule has 0 bridgehead atoms. The molecule has 130 valence electrons. The Balaban J connectivity index is 1.54. The minimum Gasteiger partial charge on any atom is -0.497 e. The number of hydrogen-bond donors (Lipinski definition) is 3. The molecule has 0 spiro atoms. The first-order chi connectivity index (χ1) is 11.2. The first kappa shape index (κ1) is 18.0. The van der Waals surface area contributed by atoms with Crippen molar-refractivity contribution in [1.29, 1.82) is 0 Å². The van der Waals surface area contributed by atoms with Gasteiger partial charge >= 0.3 is 0 Å². The zero-order chi connectivity index (χ0) is 16.5. The SMILES string of the molecule is COc1cccc(OCCOC[C@H](O)C[NH+]2CC[NH+](C)CC2)c1. The van der Waals surface area contributed by atoms with Crippen LogP contribution in [0.3, 0.4) is 0 Å². The molecule has 1 fully saturated rings. The molecule has 0 amide bonds. The highest BCUT2D eigenvalue weighted by atomic mass is 16.5. The smallest absolute Gasteiger partial charge is 0.127 e. The summed E-state index contributed by atoms with van der Waals surface area (Å²) in [5, 5.41) is 10.0. The summed E-state index contributed by atoms with van der Waals surface area (Å²) in [6, 6.07) is 7.49. The van der Waals surface area contributed by atoms with Gasteiger partial charge in [-0.2, -0.15) is 0 Å². The number of ether oxygens (including phenoxy) is 3. The fraction of sp³-hybridized carbons (Fsp3) is 0.647. The quantitative estimate of drug-likeness (QED) is 0.454. The number of piperazine rings is 1. The van der Waals surface area contributed by atoms with Gasteiger partial charge in [-0.1, -0.05) is 6.07 Å². The van der Waals surface area contributed by atoms with Crippen molar-refractivity contribution in [3.63, 3.8) is 0 Å². The Kier molecular flexibility index (Phi) is 7.61. The first-order valence-electron chi connectivity index (χ1n) is 8.35. The summed E-state index contributed by atoms with van der Waals surface area (Å²) in [4.78, 5) is 3.05. The van der Waals surface area contributed by atoms with Crippen LogP contribution >= 0.6 is 0 Å². The normalized spacial score (nSPS) is 22.6. The van der Waals surface area contributed by atoms with Crippen molar-refractivity contribution in [1.82, 2.24) is 0 Å². The summed E-state index contributed by atoms with van der Waals surface area (Å²) in [6.45, 7) is 6.68. The van der Waals surface area contributed by atoms with Crippen LogP contribution in [0.25, 0.3) is 0 Å². The van der Waals surface area contributed by atoms with Crippen LogP contribution in [0.1, 0.15) is 0 Å². The van der Waals surface area contributed by atoms with Gasteiger partial charge in [0.25, 0.3) is 0 Å². The molecule has 1 aromatic rings. The number of likely N-dealkylation sites (N-methyl/N-ethyl adjacent to an activating group) is 1. The van der Waals surface area contributed by atoms with Gasteiger partial charge in [-0.3, -0.25) is 0 Å². The van der Waals surface area contributed by atoms with E-state index in [0.717, 1.165) is 31.1 Å². The summed E-state index contributed by atoms with van der Waals surface area (Å²) < 4.78 is 16.3. The lowest BCUT2D eigenvalue weighted by Crippen LogP contribution is -3.27. The van der Waals surface area contributed by atoms with E-state index in [2.05, 4.69) is 7.05 Å². The van der Waals surface area contributed by atoms with Crippen LogP contribution in [0.2, 0.25) is 0 Å². The summed E-state index contributed by atoms with van der Waals surface area (Å²) in [5.74, 6) is 1.54. The van der Waals surface area contributed by atoms with E-state index in [9.17, 15) is 5.11 Å². The van der Waals surface area contributed by atoms with Gasteiger partial charge in [0.05, 0.1) is 27.4 Å². The molecule has 1 aromatic carbocycles. The third kappa shape index (κ3) is 6.74. The van der Waals surface area contributed by atoms with Gasteiger partial charge in [-0.05, 0) is 12.1 Å². The maximum atomic E-state index is 10.0. The largest absolute Gasteiger partial charge is 0.497 e. The molecule has 23 heavy (non-hydrogen) atoms. The highest BCUT2D eigenvalue weighted by molar-refractivity contribution is 5.32. The Morgan fingerprint density at radius 3 is 2.61 bits per heavy atom. The van der Waals surface area contributed by atoms with E-state index in [1.54, 1.807) is 12.0 Å². The molecule has 0 aliphatic carbocycles. The highest BCUT2D eigenvalue weighted by Crippen LogP contribution is 2.18. The highest BCUT2D eigenvalue weighted by Gasteiger charge is 2.22. The van der Waals surface area contributed by atoms with Crippen LogP contribution in [0.5, 0.6) is 11.5 Å². The zero-order valence-corrected chi connectivity index (χ0v) is 14.2. The molecule has 1 heterocycles. The number of benzene rings is 1. The molecule has 1 saturated heterocycles. The Hall–Kier alpha value is -1.34. The molecule has 6 nitrogen and oxygen atoms in total. The maximum Gasteiger partial charge on any atom is 0.127 e. The van der Waals surface area contributed by atoms with Crippen molar-refractivity contribution in [3.8, 4) is 11.5 Å². The minimum atomic E-state index is -0.403. The van der Waals surface area contributed by atoms with Gasteiger partial charge < -0.3 is 29.1 Å². The average molecular weight is 326 g/mol. The van der Waals surface area contributed by atoms with E-state index < -0.39 is 6.10 Å². The van der Waals surface area contributed by atoms with Crippen molar-refractivity contribution in [3.05, 3.63) is 24.3 Å². The number of hydrogen-bond acceptors (Lipinski definition) is 4. The van der Waals surface area contributed by atoms with Gasteiger partial charge in [-0.25, -0.2) is 0 Å². The molecule has 1 aliphatic rings. The maximum absolute atomic E-state index is 10.0. The zero-order valence-electron chi connectivity index (χ0n) is 14.2. The Bertz CT molecular complexity index is 450.